The van der Waals surface area contributed by atoms with E-state index in [-0.39, 0.29) is 0 Å². The van der Waals surface area contributed by atoms with Gasteiger partial charge in [-0.05, 0) is 25.7 Å². The molecule has 0 atom stereocenters. The number of rotatable bonds is 5. The Balaban J connectivity index is 2.24. The van der Waals surface area contributed by atoms with Gasteiger partial charge in [0.05, 0.1) is 0 Å². The lowest BCUT2D eigenvalue weighted by atomic mass is 9.88. The second-order valence-electron chi connectivity index (χ2n) is 4.49. The molecule has 15 heavy (non-hydrogen) atoms. The first-order chi connectivity index (χ1) is 7.25. The van der Waals surface area contributed by atoms with Crippen molar-refractivity contribution in [1.29, 1.82) is 0 Å². The van der Waals surface area contributed by atoms with Crippen molar-refractivity contribution in [3.8, 4) is 0 Å². The number of carbonyl (C=O) groups is 1. The van der Waals surface area contributed by atoms with Crippen molar-refractivity contribution >= 4 is 21.8 Å². The lowest BCUT2D eigenvalue weighted by molar-refractivity contribution is -0.135. The quantitative estimate of drug-likeness (QED) is 0.558. The number of hydrogen-bond donors (Lipinski definition) is 0. The molecule has 1 aliphatic carbocycles. The van der Waals surface area contributed by atoms with Crippen LogP contribution in [0.2, 0.25) is 0 Å². The van der Waals surface area contributed by atoms with Crippen LogP contribution in [-0.4, -0.2) is 29.7 Å². The van der Waals surface area contributed by atoms with Gasteiger partial charge in [0.1, 0.15) is 0 Å². The number of unbranched alkanes of at least 4 members (excludes halogenated alkanes) is 1. The molecule has 1 amide bonds. The topological polar surface area (TPSA) is 20.3 Å². The predicted octanol–water partition coefficient (Wildman–Crippen LogP) is 3.20. The number of hydrogen-bond acceptors (Lipinski definition) is 1. The van der Waals surface area contributed by atoms with Crippen LogP contribution in [-0.2, 0) is 4.79 Å². The third-order valence-electron chi connectivity index (χ3n) is 3.21. The van der Waals surface area contributed by atoms with Gasteiger partial charge in [-0.2, -0.15) is 0 Å². The maximum atomic E-state index is 12.0. The van der Waals surface area contributed by atoms with Gasteiger partial charge in [0.2, 0.25) is 5.91 Å². The third-order valence-corrected chi connectivity index (χ3v) is 3.77. The van der Waals surface area contributed by atoms with Gasteiger partial charge in [-0.15, -0.1) is 0 Å². The van der Waals surface area contributed by atoms with Gasteiger partial charge < -0.3 is 4.90 Å². The predicted molar refractivity (Wildman–Crippen MR) is 67.2 cm³/mol. The Labute approximate surface area is 102 Å². The molecule has 0 spiro atoms. The molecule has 0 bridgehead atoms. The Morgan fingerprint density at radius 3 is 2.53 bits per heavy atom. The molecule has 0 aromatic heterocycles. The number of halogens is 1. The van der Waals surface area contributed by atoms with E-state index in [1.165, 1.54) is 19.3 Å². The maximum Gasteiger partial charge on any atom is 0.225 e. The van der Waals surface area contributed by atoms with Gasteiger partial charge in [-0.3, -0.25) is 4.79 Å². The van der Waals surface area contributed by atoms with Crippen molar-refractivity contribution in [2.45, 2.75) is 44.9 Å². The van der Waals surface area contributed by atoms with Crippen LogP contribution in [0.15, 0.2) is 0 Å². The number of amides is 1. The van der Waals surface area contributed by atoms with E-state index in [4.69, 9.17) is 0 Å². The minimum Gasteiger partial charge on any atom is -0.346 e. The van der Waals surface area contributed by atoms with Crippen LogP contribution in [0.1, 0.15) is 44.9 Å². The molecular formula is C12H22BrNO. The molecule has 0 radical (unpaired) electrons. The molecule has 3 heteroatoms. The van der Waals surface area contributed by atoms with Crippen LogP contribution in [0.4, 0.5) is 0 Å². The number of nitrogens with zero attached hydrogens (tertiary/aromatic N) is 1. The van der Waals surface area contributed by atoms with Gasteiger partial charge in [0, 0.05) is 24.8 Å². The van der Waals surface area contributed by atoms with Crippen LogP contribution < -0.4 is 0 Å². The van der Waals surface area contributed by atoms with E-state index < -0.39 is 0 Å². The van der Waals surface area contributed by atoms with Gasteiger partial charge in [0.15, 0.2) is 0 Å². The Kier molecular flexibility index (Phi) is 6.30. The summed E-state index contributed by atoms with van der Waals surface area (Å²) >= 11 is 3.41. The largest absolute Gasteiger partial charge is 0.346 e. The summed E-state index contributed by atoms with van der Waals surface area (Å²) in [6, 6.07) is 0. The van der Waals surface area contributed by atoms with Crippen molar-refractivity contribution in [2.24, 2.45) is 5.92 Å². The Hall–Kier alpha value is -0.0500. The molecule has 0 aromatic carbocycles. The monoisotopic (exact) mass is 275 g/mol. The van der Waals surface area contributed by atoms with Gasteiger partial charge in [-0.1, -0.05) is 35.2 Å². The molecule has 1 saturated carbocycles. The Morgan fingerprint density at radius 2 is 1.93 bits per heavy atom. The summed E-state index contributed by atoms with van der Waals surface area (Å²) in [6.07, 6.45) is 8.29. The maximum absolute atomic E-state index is 12.0. The number of carbonyl (C=O) groups excluding carboxylic acids is 1. The van der Waals surface area contributed by atoms with E-state index in [2.05, 4.69) is 15.9 Å². The highest BCUT2D eigenvalue weighted by Crippen LogP contribution is 2.25. The SMILES string of the molecule is CN(CCCCBr)C(=O)C1CCCCC1. The van der Waals surface area contributed by atoms with Gasteiger partial charge >= 0.3 is 0 Å². The molecule has 0 unspecified atom stereocenters. The highest BCUT2D eigenvalue weighted by molar-refractivity contribution is 9.09. The zero-order chi connectivity index (χ0) is 11.1. The fourth-order valence-electron chi connectivity index (χ4n) is 2.21. The van der Waals surface area contributed by atoms with E-state index in [1.54, 1.807) is 0 Å². The first kappa shape index (κ1) is 13.0. The summed E-state index contributed by atoms with van der Waals surface area (Å²) in [7, 11) is 1.95. The Bertz CT molecular complexity index is 190. The van der Waals surface area contributed by atoms with E-state index >= 15 is 0 Å². The third kappa shape index (κ3) is 4.54. The smallest absolute Gasteiger partial charge is 0.225 e. The second kappa shape index (κ2) is 7.26. The molecule has 1 rings (SSSR count). The standard InChI is InChI=1S/C12H22BrNO/c1-14(10-6-5-9-13)12(15)11-7-3-2-4-8-11/h11H,2-10H2,1H3. The van der Waals surface area contributed by atoms with Crippen molar-refractivity contribution in [1.82, 2.24) is 4.90 Å². The zero-order valence-corrected chi connectivity index (χ0v) is 11.3. The van der Waals surface area contributed by atoms with Crippen LogP contribution in [0.3, 0.4) is 0 Å². The molecule has 2 nitrogen and oxygen atoms in total. The Morgan fingerprint density at radius 1 is 1.27 bits per heavy atom. The second-order valence-corrected chi connectivity index (χ2v) is 5.28. The molecule has 0 aromatic rings. The van der Waals surface area contributed by atoms with Crippen molar-refractivity contribution < 1.29 is 4.79 Å². The first-order valence-electron chi connectivity index (χ1n) is 6.06. The van der Waals surface area contributed by atoms with Crippen LogP contribution in [0.5, 0.6) is 0 Å². The first-order valence-corrected chi connectivity index (χ1v) is 7.19. The minimum absolute atomic E-state index is 0.327. The fourth-order valence-corrected chi connectivity index (χ4v) is 2.61. The molecule has 0 N–H and O–H groups in total. The summed E-state index contributed by atoms with van der Waals surface area (Å²) in [5.41, 5.74) is 0. The van der Waals surface area contributed by atoms with E-state index in [9.17, 15) is 4.79 Å². The summed E-state index contributed by atoms with van der Waals surface area (Å²) < 4.78 is 0. The van der Waals surface area contributed by atoms with E-state index in [1.807, 2.05) is 11.9 Å². The molecule has 0 heterocycles. The summed E-state index contributed by atoms with van der Waals surface area (Å²) in [6.45, 7) is 0.918. The lowest BCUT2D eigenvalue weighted by Gasteiger charge is -2.26. The average Bonchev–Trinajstić information content (AvgIpc) is 2.29. The summed E-state index contributed by atoms with van der Waals surface area (Å²) in [4.78, 5) is 13.9. The average molecular weight is 276 g/mol. The molecule has 0 aliphatic heterocycles. The zero-order valence-electron chi connectivity index (χ0n) is 9.67. The van der Waals surface area contributed by atoms with Crippen LogP contribution >= 0.6 is 15.9 Å². The van der Waals surface area contributed by atoms with Gasteiger partial charge in [0.25, 0.3) is 0 Å². The molecule has 1 aliphatic rings. The highest BCUT2D eigenvalue weighted by Gasteiger charge is 2.23. The van der Waals surface area contributed by atoms with Crippen molar-refractivity contribution in [2.75, 3.05) is 18.9 Å². The molecule has 1 fully saturated rings. The molecule has 0 saturated heterocycles. The van der Waals surface area contributed by atoms with Crippen molar-refractivity contribution in [3.05, 3.63) is 0 Å². The van der Waals surface area contributed by atoms with E-state index in [0.717, 1.165) is 37.6 Å². The normalized spacial score (nSPS) is 17.7. The van der Waals surface area contributed by atoms with Gasteiger partial charge in [-0.25, -0.2) is 0 Å². The lowest BCUT2D eigenvalue weighted by Crippen LogP contribution is -2.34. The summed E-state index contributed by atoms with van der Waals surface area (Å²) in [5.74, 6) is 0.706. The minimum atomic E-state index is 0.327. The summed E-state index contributed by atoms with van der Waals surface area (Å²) in [5, 5.41) is 1.04. The molecule has 88 valence electrons. The molecular weight excluding hydrogens is 254 g/mol. The number of alkyl halides is 1. The van der Waals surface area contributed by atoms with Crippen LogP contribution in [0.25, 0.3) is 0 Å². The van der Waals surface area contributed by atoms with Crippen molar-refractivity contribution in [3.63, 3.8) is 0 Å². The van der Waals surface area contributed by atoms with Crippen LogP contribution in [0, 0.1) is 5.92 Å². The fraction of sp³-hybridized carbons (Fsp3) is 0.917. The highest BCUT2D eigenvalue weighted by atomic mass is 79.9. The van der Waals surface area contributed by atoms with E-state index in [0.29, 0.717) is 11.8 Å².